The summed E-state index contributed by atoms with van der Waals surface area (Å²) in [6.07, 6.45) is 0. The second-order valence-corrected chi connectivity index (χ2v) is 5.40. The third kappa shape index (κ3) is 2.98. The normalized spacial score (nSPS) is 12.5. The average Bonchev–Trinajstić information content (AvgIpc) is 2.44. The van der Waals surface area contributed by atoms with Gasteiger partial charge in [0.15, 0.2) is 11.6 Å². The standard InChI is InChI=1S/C18H21F2N/c1-5-21-18(15-11(2)7-6-8-12(15)3)14-10-9-13(4)16(19)17(14)20/h6-10,18,21H,5H2,1-4H3. The fraction of sp³-hybridized carbons (Fsp3) is 0.333. The SMILES string of the molecule is CCNC(c1ccc(C)c(F)c1F)c1c(C)cccc1C. The van der Waals surface area contributed by atoms with Gasteiger partial charge in [0.2, 0.25) is 0 Å². The molecule has 2 aromatic carbocycles. The van der Waals surface area contributed by atoms with Crippen LogP contribution in [0.5, 0.6) is 0 Å². The van der Waals surface area contributed by atoms with E-state index >= 15 is 0 Å². The molecule has 21 heavy (non-hydrogen) atoms. The van der Waals surface area contributed by atoms with Crippen LogP contribution in [0.2, 0.25) is 0 Å². The van der Waals surface area contributed by atoms with Gasteiger partial charge in [0, 0.05) is 5.56 Å². The van der Waals surface area contributed by atoms with E-state index in [1.807, 2.05) is 39.0 Å². The summed E-state index contributed by atoms with van der Waals surface area (Å²) in [4.78, 5) is 0. The van der Waals surface area contributed by atoms with Crippen LogP contribution in [0.3, 0.4) is 0 Å². The van der Waals surface area contributed by atoms with Crippen molar-refractivity contribution in [1.29, 1.82) is 0 Å². The molecule has 0 saturated heterocycles. The minimum absolute atomic E-state index is 0.327. The monoisotopic (exact) mass is 289 g/mol. The van der Waals surface area contributed by atoms with Crippen molar-refractivity contribution in [2.45, 2.75) is 33.7 Å². The first-order valence-corrected chi connectivity index (χ1v) is 7.21. The zero-order valence-corrected chi connectivity index (χ0v) is 12.9. The van der Waals surface area contributed by atoms with E-state index in [0.717, 1.165) is 16.7 Å². The Bertz CT molecular complexity index is 630. The highest BCUT2D eigenvalue weighted by atomic mass is 19.2. The molecule has 0 heterocycles. The first-order valence-electron chi connectivity index (χ1n) is 7.21. The van der Waals surface area contributed by atoms with Gasteiger partial charge in [-0.2, -0.15) is 0 Å². The van der Waals surface area contributed by atoms with Gasteiger partial charge in [-0.3, -0.25) is 0 Å². The largest absolute Gasteiger partial charge is 0.306 e. The van der Waals surface area contributed by atoms with Gasteiger partial charge in [-0.05, 0) is 49.6 Å². The van der Waals surface area contributed by atoms with E-state index in [-0.39, 0.29) is 6.04 Å². The molecule has 0 bridgehead atoms. The highest BCUT2D eigenvalue weighted by Crippen LogP contribution is 2.31. The summed E-state index contributed by atoms with van der Waals surface area (Å²) in [6.45, 7) is 8.20. The molecule has 0 spiro atoms. The quantitative estimate of drug-likeness (QED) is 0.868. The van der Waals surface area contributed by atoms with Gasteiger partial charge in [-0.25, -0.2) is 8.78 Å². The van der Waals surface area contributed by atoms with Crippen LogP contribution in [0.25, 0.3) is 0 Å². The second kappa shape index (κ2) is 6.35. The molecule has 1 atom stereocenters. The number of rotatable bonds is 4. The maximum Gasteiger partial charge on any atom is 0.164 e. The zero-order chi connectivity index (χ0) is 15.6. The molecule has 0 saturated carbocycles. The van der Waals surface area contributed by atoms with E-state index in [9.17, 15) is 8.78 Å². The number of halogens is 2. The lowest BCUT2D eigenvalue weighted by Gasteiger charge is -2.24. The highest BCUT2D eigenvalue weighted by molar-refractivity contribution is 5.43. The fourth-order valence-corrected chi connectivity index (χ4v) is 2.74. The van der Waals surface area contributed by atoms with Crippen LogP contribution in [0.1, 0.15) is 40.8 Å². The van der Waals surface area contributed by atoms with Crippen molar-refractivity contribution in [3.8, 4) is 0 Å². The smallest absolute Gasteiger partial charge is 0.164 e. The van der Waals surface area contributed by atoms with Crippen LogP contribution in [0.4, 0.5) is 8.78 Å². The van der Waals surface area contributed by atoms with E-state index in [2.05, 4.69) is 5.32 Å². The first-order chi connectivity index (χ1) is 9.97. The number of aryl methyl sites for hydroxylation is 3. The van der Waals surface area contributed by atoms with E-state index in [1.165, 1.54) is 0 Å². The number of nitrogens with one attached hydrogen (secondary N) is 1. The first kappa shape index (κ1) is 15.6. The van der Waals surface area contributed by atoms with Crippen LogP contribution >= 0.6 is 0 Å². The molecule has 0 aromatic heterocycles. The van der Waals surface area contributed by atoms with Crippen LogP contribution in [-0.4, -0.2) is 6.54 Å². The second-order valence-electron chi connectivity index (χ2n) is 5.40. The predicted octanol–water partition coefficient (Wildman–Crippen LogP) is 4.59. The van der Waals surface area contributed by atoms with Crippen molar-refractivity contribution in [3.05, 3.63) is 69.8 Å². The van der Waals surface area contributed by atoms with Gasteiger partial charge < -0.3 is 5.32 Å². The number of hydrogen-bond donors (Lipinski definition) is 1. The van der Waals surface area contributed by atoms with E-state index in [4.69, 9.17) is 0 Å². The summed E-state index contributed by atoms with van der Waals surface area (Å²) in [5.74, 6) is -1.52. The molecule has 1 nitrogen and oxygen atoms in total. The van der Waals surface area contributed by atoms with Crippen molar-refractivity contribution in [2.75, 3.05) is 6.54 Å². The molecular weight excluding hydrogens is 268 g/mol. The molecule has 0 aliphatic carbocycles. The van der Waals surface area contributed by atoms with Gasteiger partial charge in [0.1, 0.15) is 0 Å². The van der Waals surface area contributed by atoms with Crippen molar-refractivity contribution in [3.63, 3.8) is 0 Å². The summed E-state index contributed by atoms with van der Waals surface area (Å²) < 4.78 is 28.3. The van der Waals surface area contributed by atoms with E-state index in [1.54, 1.807) is 19.1 Å². The van der Waals surface area contributed by atoms with Crippen LogP contribution in [0.15, 0.2) is 30.3 Å². The van der Waals surface area contributed by atoms with Crippen LogP contribution in [-0.2, 0) is 0 Å². The lowest BCUT2D eigenvalue weighted by Crippen LogP contribution is -2.25. The molecule has 112 valence electrons. The Hall–Kier alpha value is -1.74. The van der Waals surface area contributed by atoms with Gasteiger partial charge in [-0.1, -0.05) is 37.3 Å². The minimum atomic E-state index is -0.762. The maximum atomic E-state index is 14.4. The third-order valence-corrected chi connectivity index (χ3v) is 3.86. The highest BCUT2D eigenvalue weighted by Gasteiger charge is 2.23. The molecular formula is C18H21F2N. The number of benzene rings is 2. The Morgan fingerprint density at radius 3 is 2.10 bits per heavy atom. The molecule has 1 unspecified atom stereocenters. The van der Waals surface area contributed by atoms with Crippen molar-refractivity contribution in [1.82, 2.24) is 5.32 Å². The maximum absolute atomic E-state index is 14.4. The summed E-state index contributed by atoms with van der Waals surface area (Å²) in [6, 6.07) is 8.93. The number of hydrogen-bond acceptors (Lipinski definition) is 1. The molecule has 0 radical (unpaired) electrons. The van der Waals surface area contributed by atoms with Gasteiger partial charge >= 0.3 is 0 Å². The Morgan fingerprint density at radius 1 is 0.905 bits per heavy atom. The molecule has 3 heteroatoms. The Morgan fingerprint density at radius 2 is 1.52 bits per heavy atom. The van der Waals surface area contributed by atoms with Crippen molar-refractivity contribution in [2.24, 2.45) is 0 Å². The molecule has 2 rings (SSSR count). The lowest BCUT2D eigenvalue weighted by atomic mass is 9.90. The topological polar surface area (TPSA) is 12.0 Å². The molecule has 0 aliphatic rings. The summed E-state index contributed by atoms with van der Waals surface area (Å²) >= 11 is 0. The van der Waals surface area contributed by atoms with Crippen LogP contribution < -0.4 is 5.32 Å². The van der Waals surface area contributed by atoms with Crippen molar-refractivity contribution < 1.29 is 8.78 Å². The molecule has 0 amide bonds. The van der Waals surface area contributed by atoms with Crippen LogP contribution in [0, 0.1) is 32.4 Å². The Labute approximate surface area is 125 Å². The third-order valence-electron chi connectivity index (χ3n) is 3.86. The average molecular weight is 289 g/mol. The minimum Gasteiger partial charge on any atom is -0.306 e. The summed E-state index contributed by atoms with van der Waals surface area (Å²) in [5.41, 5.74) is 3.84. The van der Waals surface area contributed by atoms with E-state index in [0.29, 0.717) is 17.7 Å². The van der Waals surface area contributed by atoms with Gasteiger partial charge in [0.25, 0.3) is 0 Å². The zero-order valence-electron chi connectivity index (χ0n) is 12.9. The van der Waals surface area contributed by atoms with Gasteiger partial charge in [-0.15, -0.1) is 0 Å². The fourth-order valence-electron chi connectivity index (χ4n) is 2.74. The van der Waals surface area contributed by atoms with Gasteiger partial charge in [0.05, 0.1) is 6.04 Å². The molecule has 1 N–H and O–H groups in total. The summed E-state index contributed by atoms with van der Waals surface area (Å²) in [7, 11) is 0. The summed E-state index contributed by atoms with van der Waals surface area (Å²) in [5, 5.41) is 3.28. The Balaban J connectivity index is 2.62. The molecule has 2 aromatic rings. The molecule has 0 aliphatic heterocycles. The predicted molar refractivity (Wildman–Crippen MR) is 82.5 cm³/mol. The lowest BCUT2D eigenvalue weighted by molar-refractivity contribution is 0.478. The molecule has 0 fully saturated rings. The van der Waals surface area contributed by atoms with E-state index < -0.39 is 11.6 Å². The van der Waals surface area contributed by atoms with Crippen molar-refractivity contribution >= 4 is 0 Å². The Kier molecular flexibility index (Phi) is 4.73.